The highest BCUT2D eigenvalue weighted by atomic mass is 35.5. The molecule has 0 fully saturated rings. The molecule has 0 bridgehead atoms. The zero-order chi connectivity index (χ0) is 6.41. The molecule has 0 radical (unpaired) electrons. The summed E-state index contributed by atoms with van der Waals surface area (Å²) in [6.07, 6.45) is 3.49. The van der Waals surface area contributed by atoms with Gasteiger partial charge in [-0.2, -0.15) is 0 Å². The highest BCUT2D eigenvalue weighted by molar-refractivity contribution is 5.85. The van der Waals surface area contributed by atoms with Crippen molar-refractivity contribution >= 4 is 18.4 Å². The second-order valence-electron chi connectivity index (χ2n) is 1.57. The van der Waals surface area contributed by atoms with Crippen LogP contribution in [-0.4, -0.2) is 11.1 Å². The quantitative estimate of drug-likeness (QED) is 0.491. The van der Waals surface area contributed by atoms with Crippen molar-refractivity contribution in [3.63, 3.8) is 0 Å². The lowest BCUT2D eigenvalue weighted by Crippen LogP contribution is -1.92. The minimum atomic E-state index is -0.730. The van der Waals surface area contributed by atoms with E-state index in [0.717, 1.165) is 6.42 Å². The fourth-order valence-electron chi connectivity index (χ4n) is 0.398. The molecule has 0 rings (SSSR count). The largest absolute Gasteiger partial charge is 0.481 e. The van der Waals surface area contributed by atoms with Gasteiger partial charge in [-0.25, -0.2) is 0 Å². The summed E-state index contributed by atoms with van der Waals surface area (Å²) in [5.74, 6) is -0.730. The van der Waals surface area contributed by atoms with E-state index in [9.17, 15) is 4.79 Å². The second-order valence-corrected chi connectivity index (χ2v) is 1.57. The highest BCUT2D eigenvalue weighted by Gasteiger charge is 1.91. The van der Waals surface area contributed by atoms with Crippen molar-refractivity contribution < 1.29 is 9.90 Å². The Morgan fingerprint density at radius 3 is 2.56 bits per heavy atom. The molecule has 2 nitrogen and oxygen atoms in total. The van der Waals surface area contributed by atoms with Gasteiger partial charge in [0.2, 0.25) is 0 Å². The fourth-order valence-corrected chi connectivity index (χ4v) is 0.398. The van der Waals surface area contributed by atoms with Crippen LogP contribution in [0.1, 0.15) is 19.3 Å². The van der Waals surface area contributed by atoms with Gasteiger partial charge in [0.15, 0.2) is 0 Å². The third-order valence-electron chi connectivity index (χ3n) is 0.799. The van der Waals surface area contributed by atoms with Crippen LogP contribution < -0.4 is 0 Å². The molecular weight excluding hydrogens is 140 g/mol. The van der Waals surface area contributed by atoms with E-state index < -0.39 is 5.97 Å². The summed E-state index contributed by atoms with van der Waals surface area (Å²) in [6.45, 7) is 3.46. The van der Waals surface area contributed by atoms with Gasteiger partial charge in [-0.1, -0.05) is 6.08 Å². The third kappa shape index (κ3) is 11.2. The Balaban J connectivity index is 0. The smallest absolute Gasteiger partial charge is 0.303 e. The van der Waals surface area contributed by atoms with Gasteiger partial charge in [-0.3, -0.25) is 4.79 Å². The van der Waals surface area contributed by atoms with E-state index in [1.165, 1.54) is 0 Å². The normalized spacial score (nSPS) is 7.56. The first-order chi connectivity index (χ1) is 3.77. The van der Waals surface area contributed by atoms with Crippen molar-refractivity contribution in [3.05, 3.63) is 12.7 Å². The van der Waals surface area contributed by atoms with Gasteiger partial charge >= 0.3 is 5.97 Å². The zero-order valence-corrected chi connectivity index (χ0v) is 5.99. The van der Waals surface area contributed by atoms with E-state index in [1.54, 1.807) is 6.08 Å². The summed E-state index contributed by atoms with van der Waals surface area (Å²) < 4.78 is 0. The minimum Gasteiger partial charge on any atom is -0.481 e. The van der Waals surface area contributed by atoms with E-state index in [-0.39, 0.29) is 18.8 Å². The van der Waals surface area contributed by atoms with Crippen molar-refractivity contribution in [1.29, 1.82) is 0 Å². The molecule has 0 aromatic heterocycles. The van der Waals surface area contributed by atoms with Crippen LogP contribution in [-0.2, 0) is 4.79 Å². The first-order valence-corrected chi connectivity index (χ1v) is 2.60. The molecule has 1 N–H and O–H groups in total. The molecule has 0 saturated carbocycles. The maximum Gasteiger partial charge on any atom is 0.303 e. The number of rotatable bonds is 4. The number of hydrogen-bond donors (Lipinski definition) is 1. The zero-order valence-electron chi connectivity index (χ0n) is 5.17. The van der Waals surface area contributed by atoms with Crippen LogP contribution in [0.2, 0.25) is 0 Å². The van der Waals surface area contributed by atoms with E-state index in [4.69, 9.17) is 5.11 Å². The van der Waals surface area contributed by atoms with Crippen molar-refractivity contribution in [3.8, 4) is 0 Å². The Morgan fingerprint density at radius 1 is 1.67 bits per heavy atom. The molecule has 0 saturated heterocycles. The lowest BCUT2D eigenvalue weighted by atomic mass is 10.2. The van der Waals surface area contributed by atoms with Gasteiger partial charge in [0, 0.05) is 6.42 Å². The van der Waals surface area contributed by atoms with Gasteiger partial charge < -0.3 is 5.11 Å². The number of allylic oxidation sites excluding steroid dienone is 1. The summed E-state index contributed by atoms with van der Waals surface area (Å²) >= 11 is 0. The highest BCUT2D eigenvalue weighted by Crippen LogP contribution is 1.93. The Labute approximate surface area is 61.0 Å². The molecule has 0 aliphatic carbocycles. The predicted molar refractivity (Wildman–Crippen MR) is 38.9 cm³/mol. The van der Waals surface area contributed by atoms with Crippen molar-refractivity contribution in [2.45, 2.75) is 19.3 Å². The molecule has 0 aromatic carbocycles. The third-order valence-corrected chi connectivity index (χ3v) is 0.799. The standard InChI is InChI=1S/C6H10O2.ClH/c1-2-3-4-5-6(7)8;/h2H,1,3-5H2,(H,7,8);1H. The molecule has 0 amide bonds. The number of carbonyl (C=O) groups is 1. The monoisotopic (exact) mass is 150 g/mol. The SMILES string of the molecule is C=CCCCC(=O)O.Cl. The molecule has 0 aliphatic heterocycles. The molecule has 0 atom stereocenters. The Morgan fingerprint density at radius 2 is 2.22 bits per heavy atom. The van der Waals surface area contributed by atoms with Crippen LogP contribution in [0.3, 0.4) is 0 Å². The van der Waals surface area contributed by atoms with Crippen LogP contribution in [0, 0.1) is 0 Å². The van der Waals surface area contributed by atoms with E-state index in [1.807, 2.05) is 0 Å². The van der Waals surface area contributed by atoms with Crippen LogP contribution in [0.4, 0.5) is 0 Å². The molecule has 0 aromatic rings. The molecule has 0 unspecified atom stereocenters. The summed E-state index contributed by atoms with van der Waals surface area (Å²) in [6, 6.07) is 0. The van der Waals surface area contributed by atoms with Gasteiger partial charge in [-0.05, 0) is 12.8 Å². The maximum absolute atomic E-state index is 9.84. The van der Waals surface area contributed by atoms with Crippen LogP contribution in [0.15, 0.2) is 12.7 Å². The van der Waals surface area contributed by atoms with E-state index >= 15 is 0 Å². The molecule has 0 spiro atoms. The Bertz CT molecular complexity index is 91.1. The Hall–Kier alpha value is -0.500. The van der Waals surface area contributed by atoms with Gasteiger partial charge in [-0.15, -0.1) is 19.0 Å². The first kappa shape index (κ1) is 11.3. The number of carboxylic acids is 1. The van der Waals surface area contributed by atoms with Crippen molar-refractivity contribution in [2.24, 2.45) is 0 Å². The Kier molecular flexibility index (Phi) is 9.43. The second kappa shape index (κ2) is 7.50. The van der Waals surface area contributed by atoms with Crippen LogP contribution >= 0.6 is 12.4 Å². The first-order valence-electron chi connectivity index (χ1n) is 2.60. The van der Waals surface area contributed by atoms with Gasteiger partial charge in [0.05, 0.1) is 0 Å². The molecule has 3 heteroatoms. The maximum atomic E-state index is 9.84. The number of unbranched alkanes of at least 4 members (excludes halogenated alkanes) is 1. The number of halogens is 1. The van der Waals surface area contributed by atoms with Crippen LogP contribution in [0.5, 0.6) is 0 Å². The molecule has 0 aliphatic rings. The number of hydrogen-bond acceptors (Lipinski definition) is 1. The van der Waals surface area contributed by atoms with E-state index in [2.05, 4.69) is 6.58 Å². The average Bonchev–Trinajstić information content (AvgIpc) is 1.66. The number of aliphatic carboxylic acids is 1. The lowest BCUT2D eigenvalue weighted by molar-refractivity contribution is -0.137. The number of carboxylic acid groups (broad SMARTS) is 1. The van der Waals surface area contributed by atoms with Crippen molar-refractivity contribution in [1.82, 2.24) is 0 Å². The van der Waals surface area contributed by atoms with Gasteiger partial charge in [0.1, 0.15) is 0 Å². The fraction of sp³-hybridized carbons (Fsp3) is 0.500. The molecule has 0 heterocycles. The summed E-state index contributed by atoms with van der Waals surface area (Å²) in [5.41, 5.74) is 0. The topological polar surface area (TPSA) is 37.3 Å². The summed E-state index contributed by atoms with van der Waals surface area (Å²) in [7, 11) is 0. The lowest BCUT2D eigenvalue weighted by Gasteiger charge is -1.87. The predicted octanol–water partition coefficient (Wildman–Crippen LogP) is 1.85. The van der Waals surface area contributed by atoms with E-state index in [0.29, 0.717) is 6.42 Å². The molecule has 54 valence electrons. The molecular formula is C6H11ClO2. The van der Waals surface area contributed by atoms with Crippen molar-refractivity contribution in [2.75, 3.05) is 0 Å². The van der Waals surface area contributed by atoms with Crippen LogP contribution in [0.25, 0.3) is 0 Å². The summed E-state index contributed by atoms with van der Waals surface area (Å²) in [5, 5.41) is 8.11. The summed E-state index contributed by atoms with van der Waals surface area (Å²) in [4.78, 5) is 9.84. The minimum absolute atomic E-state index is 0. The average molecular weight is 151 g/mol. The molecule has 9 heavy (non-hydrogen) atoms. The van der Waals surface area contributed by atoms with Gasteiger partial charge in [0.25, 0.3) is 0 Å².